The van der Waals surface area contributed by atoms with Crippen molar-refractivity contribution in [3.8, 4) is 28.4 Å². The number of aromatic nitrogens is 4. The second kappa shape index (κ2) is 4.05. The van der Waals surface area contributed by atoms with Crippen molar-refractivity contribution in [2.45, 2.75) is 6.92 Å². The summed E-state index contributed by atoms with van der Waals surface area (Å²) in [5.41, 5.74) is 2.71. The van der Waals surface area contributed by atoms with Gasteiger partial charge in [-0.05, 0) is 25.1 Å². The number of aryl methyl sites for hydroxylation is 2. The van der Waals surface area contributed by atoms with Gasteiger partial charge < -0.3 is 4.74 Å². The molecule has 0 fully saturated rings. The summed E-state index contributed by atoms with van der Waals surface area (Å²) in [6.45, 7) is 1.90. The molecule has 3 heterocycles. The van der Waals surface area contributed by atoms with E-state index in [1.165, 1.54) is 4.68 Å². The van der Waals surface area contributed by atoms with Crippen molar-refractivity contribution in [3.63, 3.8) is 0 Å². The minimum Gasteiger partial charge on any atom is -0.452 e. The van der Waals surface area contributed by atoms with Gasteiger partial charge in [0.1, 0.15) is 5.75 Å². The molecular formula is C15H12N4O2. The first kappa shape index (κ1) is 11.9. The number of hydrogen-bond acceptors (Lipinski definition) is 4. The van der Waals surface area contributed by atoms with Crippen LogP contribution in [0, 0.1) is 6.92 Å². The molecule has 0 saturated heterocycles. The van der Waals surface area contributed by atoms with Gasteiger partial charge in [-0.1, -0.05) is 12.1 Å². The average molecular weight is 280 g/mol. The average Bonchev–Trinajstić information content (AvgIpc) is 2.79. The highest BCUT2D eigenvalue weighted by Crippen LogP contribution is 2.39. The van der Waals surface area contributed by atoms with Gasteiger partial charge in [-0.25, -0.2) is 9.36 Å². The molecule has 21 heavy (non-hydrogen) atoms. The Bertz CT molecular complexity index is 924. The topological polar surface area (TPSA) is 61.9 Å². The Kier molecular flexibility index (Phi) is 2.29. The molecule has 104 valence electrons. The normalized spacial score (nSPS) is 11.9. The van der Waals surface area contributed by atoms with E-state index in [2.05, 4.69) is 10.2 Å². The Labute approximate surface area is 120 Å². The van der Waals surface area contributed by atoms with Crippen LogP contribution >= 0.6 is 0 Å². The van der Waals surface area contributed by atoms with Crippen LogP contribution in [0.2, 0.25) is 0 Å². The molecule has 0 unspecified atom stereocenters. The van der Waals surface area contributed by atoms with E-state index < -0.39 is 0 Å². The van der Waals surface area contributed by atoms with E-state index in [4.69, 9.17) is 4.74 Å². The van der Waals surface area contributed by atoms with Crippen molar-refractivity contribution < 1.29 is 4.74 Å². The van der Waals surface area contributed by atoms with E-state index in [1.807, 2.05) is 37.3 Å². The molecule has 1 aromatic carbocycles. The first-order chi connectivity index (χ1) is 10.1. The van der Waals surface area contributed by atoms with E-state index >= 15 is 0 Å². The van der Waals surface area contributed by atoms with Crippen LogP contribution in [-0.2, 0) is 7.05 Å². The van der Waals surface area contributed by atoms with E-state index in [9.17, 15) is 4.79 Å². The summed E-state index contributed by atoms with van der Waals surface area (Å²) in [5, 5.41) is 8.47. The molecule has 0 spiro atoms. The maximum absolute atomic E-state index is 12.4. The standard InChI is InChI=1S/C15H12N4O2/c1-9-7-11-10-5-3-4-6-12(10)21-13-8-16-18(2)15(20)14(13)19(11)17-9/h3-8H,1-2H3. The second-order valence-electron chi connectivity index (χ2n) is 4.97. The molecule has 0 N–H and O–H groups in total. The minimum atomic E-state index is -0.246. The molecule has 0 amide bonds. The molecule has 0 bridgehead atoms. The summed E-state index contributed by atoms with van der Waals surface area (Å²) in [6, 6.07) is 9.59. The predicted molar refractivity (Wildman–Crippen MR) is 76.8 cm³/mol. The maximum atomic E-state index is 12.4. The SMILES string of the molecule is Cc1cc2n(n1)-c1c(cnn(C)c1=O)Oc1ccccc1-2. The van der Waals surface area contributed by atoms with Crippen molar-refractivity contribution in [1.82, 2.24) is 19.6 Å². The Morgan fingerprint density at radius 3 is 2.86 bits per heavy atom. The predicted octanol–water partition coefficient (Wildman–Crippen LogP) is 2.05. The third-order valence-electron chi connectivity index (χ3n) is 3.50. The summed E-state index contributed by atoms with van der Waals surface area (Å²) in [7, 11) is 1.61. The number of ether oxygens (including phenoxy) is 1. The van der Waals surface area contributed by atoms with Crippen LogP contribution in [0.3, 0.4) is 0 Å². The largest absolute Gasteiger partial charge is 0.452 e. The fraction of sp³-hybridized carbons (Fsp3) is 0.133. The van der Waals surface area contributed by atoms with Crippen molar-refractivity contribution in [3.05, 3.63) is 52.6 Å². The van der Waals surface area contributed by atoms with Gasteiger partial charge in [0.05, 0.1) is 17.6 Å². The van der Waals surface area contributed by atoms with Gasteiger partial charge in [-0.2, -0.15) is 10.2 Å². The van der Waals surface area contributed by atoms with Gasteiger partial charge in [-0.3, -0.25) is 4.79 Å². The lowest BCUT2D eigenvalue weighted by Crippen LogP contribution is -2.25. The van der Waals surface area contributed by atoms with E-state index in [-0.39, 0.29) is 5.56 Å². The molecule has 1 aliphatic heterocycles. The lowest BCUT2D eigenvalue weighted by molar-refractivity contribution is 0.473. The molecule has 4 rings (SSSR count). The first-order valence-corrected chi connectivity index (χ1v) is 6.56. The molecule has 1 aliphatic rings. The van der Waals surface area contributed by atoms with Gasteiger partial charge >= 0.3 is 0 Å². The summed E-state index contributed by atoms with van der Waals surface area (Å²) in [4.78, 5) is 12.4. The number of benzene rings is 1. The molecule has 0 aliphatic carbocycles. The van der Waals surface area contributed by atoms with Crippen molar-refractivity contribution in [2.75, 3.05) is 0 Å². The number of hydrogen-bond donors (Lipinski definition) is 0. The zero-order valence-electron chi connectivity index (χ0n) is 11.6. The summed E-state index contributed by atoms with van der Waals surface area (Å²) in [5.74, 6) is 1.10. The van der Waals surface area contributed by atoms with Gasteiger partial charge in [0.25, 0.3) is 5.56 Å². The summed E-state index contributed by atoms with van der Waals surface area (Å²) >= 11 is 0. The molecule has 6 nitrogen and oxygen atoms in total. The second-order valence-corrected chi connectivity index (χ2v) is 4.97. The number of fused-ring (bicyclic) bond motifs is 5. The molecule has 6 heteroatoms. The minimum absolute atomic E-state index is 0.246. The van der Waals surface area contributed by atoms with Crippen LogP contribution in [0.5, 0.6) is 11.5 Å². The van der Waals surface area contributed by atoms with E-state index in [0.29, 0.717) is 17.2 Å². The van der Waals surface area contributed by atoms with Gasteiger partial charge in [0, 0.05) is 12.6 Å². The quantitative estimate of drug-likeness (QED) is 0.494. The summed E-state index contributed by atoms with van der Waals surface area (Å²) in [6.07, 6.45) is 1.54. The Balaban J connectivity index is 2.17. The number of nitrogens with zero attached hydrogens (tertiary/aromatic N) is 4. The first-order valence-electron chi connectivity index (χ1n) is 6.56. The Morgan fingerprint density at radius 1 is 1.19 bits per heavy atom. The molecule has 0 radical (unpaired) electrons. The zero-order chi connectivity index (χ0) is 14.6. The fourth-order valence-electron chi connectivity index (χ4n) is 2.53. The highest BCUT2D eigenvalue weighted by atomic mass is 16.5. The van der Waals surface area contributed by atoms with Crippen molar-refractivity contribution >= 4 is 0 Å². The third kappa shape index (κ3) is 1.62. The molecule has 3 aromatic rings. The third-order valence-corrected chi connectivity index (χ3v) is 3.50. The van der Waals surface area contributed by atoms with Crippen LogP contribution in [0.1, 0.15) is 5.69 Å². The fourth-order valence-corrected chi connectivity index (χ4v) is 2.53. The zero-order valence-corrected chi connectivity index (χ0v) is 11.6. The van der Waals surface area contributed by atoms with Gasteiger partial charge in [-0.15, -0.1) is 0 Å². The Morgan fingerprint density at radius 2 is 2.00 bits per heavy atom. The van der Waals surface area contributed by atoms with Crippen molar-refractivity contribution in [1.29, 1.82) is 0 Å². The van der Waals surface area contributed by atoms with E-state index in [0.717, 1.165) is 17.0 Å². The van der Waals surface area contributed by atoms with Gasteiger partial charge in [0.2, 0.25) is 0 Å². The van der Waals surface area contributed by atoms with Crippen LogP contribution < -0.4 is 10.3 Å². The lowest BCUT2D eigenvalue weighted by Gasteiger charge is -2.08. The molecule has 0 atom stereocenters. The molecular weight excluding hydrogens is 268 g/mol. The maximum Gasteiger partial charge on any atom is 0.296 e. The summed E-state index contributed by atoms with van der Waals surface area (Å²) < 4.78 is 8.80. The van der Waals surface area contributed by atoms with Gasteiger partial charge in [0.15, 0.2) is 11.4 Å². The van der Waals surface area contributed by atoms with Crippen LogP contribution in [0.25, 0.3) is 16.9 Å². The van der Waals surface area contributed by atoms with E-state index in [1.54, 1.807) is 17.9 Å². The van der Waals surface area contributed by atoms with Crippen LogP contribution in [-0.4, -0.2) is 19.6 Å². The Hall–Kier alpha value is -2.89. The van der Waals surface area contributed by atoms with Crippen LogP contribution in [0.15, 0.2) is 41.3 Å². The highest BCUT2D eigenvalue weighted by Gasteiger charge is 2.25. The molecule has 0 saturated carbocycles. The monoisotopic (exact) mass is 280 g/mol. The number of para-hydroxylation sites is 1. The van der Waals surface area contributed by atoms with Crippen LogP contribution in [0.4, 0.5) is 0 Å². The molecule has 2 aromatic heterocycles. The lowest BCUT2D eigenvalue weighted by atomic mass is 10.1. The smallest absolute Gasteiger partial charge is 0.296 e. The highest BCUT2D eigenvalue weighted by molar-refractivity contribution is 5.72. The van der Waals surface area contributed by atoms with Crippen molar-refractivity contribution in [2.24, 2.45) is 7.05 Å². The number of rotatable bonds is 0.